The molecule has 0 aliphatic rings. The molecule has 0 aliphatic heterocycles. The van der Waals surface area contributed by atoms with E-state index in [2.05, 4.69) is 10.2 Å². The fraction of sp³-hybridized carbons (Fsp3) is 0.300. The summed E-state index contributed by atoms with van der Waals surface area (Å²) in [6.07, 6.45) is 0. The highest BCUT2D eigenvalue weighted by Crippen LogP contribution is 2.19. The van der Waals surface area contributed by atoms with Crippen molar-refractivity contribution in [2.75, 3.05) is 29.9 Å². The topological polar surface area (TPSA) is 61.9 Å². The molecule has 0 heterocycles. The molecule has 2 amide bonds. The summed E-state index contributed by atoms with van der Waals surface area (Å²) in [5.41, 5.74) is 1.72. The van der Waals surface area contributed by atoms with Crippen LogP contribution in [-0.2, 0) is 9.59 Å². The minimum atomic E-state index is -0.156. The Balaban J connectivity index is 2.04. The number of hydrogen-bond acceptors (Lipinski definition) is 4. The molecule has 0 fully saturated rings. The van der Waals surface area contributed by atoms with Crippen molar-refractivity contribution in [3.63, 3.8) is 0 Å². The first-order valence-electron chi connectivity index (χ1n) is 8.63. The summed E-state index contributed by atoms with van der Waals surface area (Å²) in [4.78, 5) is 30.9. The SMILES string of the molecule is CCN(CCN(Oc1ccccc1)C(C)=O)c1cccc(NC(C)=O)c1. The van der Waals surface area contributed by atoms with Gasteiger partial charge in [0.25, 0.3) is 5.91 Å². The molecule has 138 valence electrons. The maximum Gasteiger partial charge on any atom is 0.252 e. The molecular weight excluding hydrogens is 330 g/mol. The highest BCUT2D eigenvalue weighted by Gasteiger charge is 2.14. The van der Waals surface area contributed by atoms with Crippen LogP contribution in [0.25, 0.3) is 0 Å². The first-order chi connectivity index (χ1) is 12.5. The van der Waals surface area contributed by atoms with Gasteiger partial charge in [-0.3, -0.25) is 9.59 Å². The van der Waals surface area contributed by atoms with Crippen LogP contribution in [0.4, 0.5) is 11.4 Å². The van der Waals surface area contributed by atoms with Gasteiger partial charge in [-0.25, -0.2) is 0 Å². The lowest BCUT2D eigenvalue weighted by Gasteiger charge is -2.27. The van der Waals surface area contributed by atoms with Crippen molar-refractivity contribution in [1.29, 1.82) is 0 Å². The van der Waals surface area contributed by atoms with Crippen molar-refractivity contribution in [3.8, 4) is 5.75 Å². The minimum absolute atomic E-state index is 0.107. The van der Waals surface area contributed by atoms with Gasteiger partial charge in [0.05, 0.1) is 6.54 Å². The van der Waals surface area contributed by atoms with E-state index >= 15 is 0 Å². The van der Waals surface area contributed by atoms with Crippen molar-refractivity contribution in [2.24, 2.45) is 0 Å². The lowest BCUT2D eigenvalue weighted by Crippen LogP contribution is -2.39. The Bertz CT molecular complexity index is 734. The van der Waals surface area contributed by atoms with E-state index < -0.39 is 0 Å². The summed E-state index contributed by atoms with van der Waals surface area (Å²) < 4.78 is 0. The van der Waals surface area contributed by atoms with Gasteiger partial charge in [0.2, 0.25) is 5.91 Å². The summed E-state index contributed by atoms with van der Waals surface area (Å²) in [5, 5.41) is 4.14. The van der Waals surface area contributed by atoms with E-state index in [0.717, 1.165) is 17.9 Å². The standard InChI is InChI=1S/C20H25N3O3/c1-4-22(19-10-8-9-18(15-19)21-16(2)24)13-14-23(17(3)25)26-20-11-6-5-7-12-20/h5-12,15H,4,13-14H2,1-3H3,(H,21,24). The van der Waals surface area contributed by atoms with Gasteiger partial charge in [-0.2, -0.15) is 5.06 Å². The van der Waals surface area contributed by atoms with Crippen LogP contribution in [-0.4, -0.2) is 36.5 Å². The summed E-state index contributed by atoms with van der Waals surface area (Å²) in [6.45, 7) is 6.79. The van der Waals surface area contributed by atoms with Crippen molar-refractivity contribution < 1.29 is 14.4 Å². The number of rotatable bonds is 8. The number of hydroxylamine groups is 2. The summed E-state index contributed by atoms with van der Waals surface area (Å²) >= 11 is 0. The number of benzene rings is 2. The predicted molar refractivity (Wildman–Crippen MR) is 103 cm³/mol. The number of amides is 2. The highest BCUT2D eigenvalue weighted by molar-refractivity contribution is 5.89. The van der Waals surface area contributed by atoms with E-state index in [-0.39, 0.29) is 11.8 Å². The lowest BCUT2D eigenvalue weighted by atomic mass is 10.2. The van der Waals surface area contributed by atoms with Crippen LogP contribution in [0.2, 0.25) is 0 Å². The Kier molecular flexibility index (Phi) is 7.02. The van der Waals surface area contributed by atoms with Crippen LogP contribution < -0.4 is 15.1 Å². The number of likely N-dealkylation sites (N-methyl/N-ethyl adjacent to an activating group) is 1. The van der Waals surface area contributed by atoms with Crippen LogP contribution in [0.3, 0.4) is 0 Å². The third kappa shape index (κ3) is 5.81. The number of nitrogens with zero attached hydrogens (tertiary/aromatic N) is 2. The van der Waals surface area contributed by atoms with E-state index in [0.29, 0.717) is 18.8 Å². The Morgan fingerprint density at radius 1 is 1.00 bits per heavy atom. The number of anilines is 2. The molecule has 2 rings (SSSR count). The molecule has 0 spiro atoms. The zero-order valence-electron chi connectivity index (χ0n) is 15.4. The summed E-state index contributed by atoms with van der Waals surface area (Å²) in [5.74, 6) is 0.361. The summed E-state index contributed by atoms with van der Waals surface area (Å²) in [6, 6.07) is 16.9. The fourth-order valence-electron chi connectivity index (χ4n) is 2.54. The third-order valence-corrected chi connectivity index (χ3v) is 3.80. The smallest absolute Gasteiger partial charge is 0.252 e. The number of para-hydroxylation sites is 1. The quantitative estimate of drug-likeness (QED) is 0.738. The summed E-state index contributed by atoms with van der Waals surface area (Å²) in [7, 11) is 0. The zero-order chi connectivity index (χ0) is 18.9. The molecule has 2 aromatic rings. The first-order valence-corrected chi connectivity index (χ1v) is 8.63. The normalized spacial score (nSPS) is 10.1. The number of carbonyl (C=O) groups is 2. The second-order valence-corrected chi connectivity index (χ2v) is 5.84. The van der Waals surface area contributed by atoms with Crippen molar-refractivity contribution in [3.05, 3.63) is 54.6 Å². The van der Waals surface area contributed by atoms with Gasteiger partial charge in [-0.1, -0.05) is 24.3 Å². The predicted octanol–water partition coefficient (Wildman–Crippen LogP) is 3.31. The van der Waals surface area contributed by atoms with Crippen molar-refractivity contribution in [1.82, 2.24) is 5.06 Å². The van der Waals surface area contributed by atoms with Crippen LogP contribution in [0, 0.1) is 0 Å². The fourth-order valence-corrected chi connectivity index (χ4v) is 2.54. The molecule has 0 radical (unpaired) electrons. The van der Waals surface area contributed by atoms with E-state index in [1.54, 1.807) is 0 Å². The van der Waals surface area contributed by atoms with E-state index in [1.165, 1.54) is 18.9 Å². The average Bonchev–Trinajstić information content (AvgIpc) is 2.61. The molecular formula is C20H25N3O3. The molecule has 0 bridgehead atoms. The van der Waals surface area contributed by atoms with Crippen molar-refractivity contribution in [2.45, 2.75) is 20.8 Å². The molecule has 0 saturated heterocycles. The third-order valence-electron chi connectivity index (χ3n) is 3.80. The molecule has 6 heteroatoms. The van der Waals surface area contributed by atoms with Crippen LogP contribution >= 0.6 is 0 Å². The van der Waals surface area contributed by atoms with Crippen LogP contribution in [0.1, 0.15) is 20.8 Å². The van der Waals surface area contributed by atoms with Gasteiger partial charge in [-0.15, -0.1) is 0 Å². The monoisotopic (exact) mass is 355 g/mol. The number of hydrogen-bond donors (Lipinski definition) is 1. The van der Waals surface area contributed by atoms with Gasteiger partial charge in [-0.05, 0) is 37.3 Å². The number of nitrogens with one attached hydrogen (secondary N) is 1. The molecule has 0 atom stereocenters. The Morgan fingerprint density at radius 2 is 1.73 bits per heavy atom. The Hall–Kier alpha value is -3.02. The molecule has 1 N–H and O–H groups in total. The van der Waals surface area contributed by atoms with E-state index in [4.69, 9.17) is 4.84 Å². The zero-order valence-corrected chi connectivity index (χ0v) is 15.4. The highest BCUT2D eigenvalue weighted by atomic mass is 16.7. The molecule has 0 aromatic heterocycles. The molecule has 26 heavy (non-hydrogen) atoms. The van der Waals surface area contributed by atoms with Gasteiger partial charge in [0, 0.05) is 38.3 Å². The second kappa shape index (κ2) is 9.46. The van der Waals surface area contributed by atoms with Crippen LogP contribution in [0.5, 0.6) is 5.75 Å². The molecule has 2 aromatic carbocycles. The molecule has 6 nitrogen and oxygen atoms in total. The van der Waals surface area contributed by atoms with E-state index in [1.807, 2.05) is 61.5 Å². The van der Waals surface area contributed by atoms with E-state index in [9.17, 15) is 9.59 Å². The van der Waals surface area contributed by atoms with Crippen LogP contribution in [0.15, 0.2) is 54.6 Å². The van der Waals surface area contributed by atoms with Gasteiger partial charge in [0.15, 0.2) is 5.75 Å². The lowest BCUT2D eigenvalue weighted by molar-refractivity contribution is -0.154. The largest absolute Gasteiger partial charge is 0.377 e. The molecule has 0 saturated carbocycles. The second-order valence-electron chi connectivity index (χ2n) is 5.84. The first kappa shape index (κ1) is 19.3. The molecule has 0 unspecified atom stereocenters. The molecule has 0 aliphatic carbocycles. The number of carbonyl (C=O) groups excluding carboxylic acids is 2. The maximum absolute atomic E-state index is 11.9. The minimum Gasteiger partial charge on any atom is -0.377 e. The van der Waals surface area contributed by atoms with Crippen molar-refractivity contribution >= 4 is 23.2 Å². The van der Waals surface area contributed by atoms with Gasteiger partial charge in [0.1, 0.15) is 0 Å². The van der Waals surface area contributed by atoms with Gasteiger partial charge >= 0.3 is 0 Å². The maximum atomic E-state index is 11.9. The Morgan fingerprint density at radius 3 is 2.35 bits per heavy atom. The van der Waals surface area contributed by atoms with Gasteiger partial charge < -0.3 is 15.1 Å². The average molecular weight is 355 g/mol. The Labute approximate surface area is 154 Å².